The van der Waals surface area contributed by atoms with Crippen LogP contribution in [0.1, 0.15) is 16.3 Å². The first-order chi connectivity index (χ1) is 12.2. The van der Waals surface area contributed by atoms with E-state index < -0.39 is 0 Å². The summed E-state index contributed by atoms with van der Waals surface area (Å²) in [5, 5.41) is 0. The second kappa shape index (κ2) is 7.01. The van der Waals surface area contributed by atoms with E-state index in [0.29, 0.717) is 12.5 Å². The van der Waals surface area contributed by atoms with Crippen molar-refractivity contribution >= 4 is 5.91 Å². The zero-order valence-electron chi connectivity index (χ0n) is 14.7. The zero-order valence-corrected chi connectivity index (χ0v) is 14.7. The van der Waals surface area contributed by atoms with E-state index in [1.807, 2.05) is 47.2 Å². The Balaban J connectivity index is 1.54. The fraction of sp³-hybridized carbons (Fsp3) is 0.556. The van der Waals surface area contributed by atoms with E-state index in [-0.39, 0.29) is 5.91 Å². The summed E-state index contributed by atoms with van der Waals surface area (Å²) in [6.45, 7) is 6.75. The second-order valence-electron chi connectivity index (χ2n) is 6.96. The van der Waals surface area contributed by atoms with Crippen molar-refractivity contribution in [2.45, 2.75) is 13.1 Å². The third kappa shape index (κ3) is 3.48. The van der Waals surface area contributed by atoms with Crippen LogP contribution in [-0.2, 0) is 24.9 Å². The molecule has 7 heteroatoms. The first kappa shape index (κ1) is 16.4. The Morgan fingerprint density at radius 3 is 2.88 bits per heavy atom. The van der Waals surface area contributed by atoms with Crippen LogP contribution in [0.25, 0.3) is 0 Å². The number of hydrogen-bond donors (Lipinski definition) is 0. The Labute approximate surface area is 147 Å². The van der Waals surface area contributed by atoms with E-state index in [2.05, 4.69) is 14.5 Å². The lowest BCUT2D eigenvalue weighted by atomic mass is 10.1. The van der Waals surface area contributed by atoms with E-state index >= 15 is 0 Å². The molecular formula is C18H25N5O2. The molecule has 2 aromatic heterocycles. The minimum atomic E-state index is 0.0796. The Kier molecular flexibility index (Phi) is 4.59. The van der Waals surface area contributed by atoms with Crippen LogP contribution in [0.5, 0.6) is 0 Å². The molecule has 0 radical (unpaired) electrons. The number of nitrogens with zero attached hydrogens (tertiary/aromatic N) is 5. The maximum atomic E-state index is 13.0. The molecule has 7 nitrogen and oxygen atoms in total. The van der Waals surface area contributed by atoms with Gasteiger partial charge >= 0.3 is 0 Å². The lowest BCUT2D eigenvalue weighted by Crippen LogP contribution is -2.43. The highest BCUT2D eigenvalue weighted by Gasteiger charge is 2.28. The zero-order chi connectivity index (χ0) is 17.2. The van der Waals surface area contributed by atoms with Gasteiger partial charge in [-0.05, 0) is 12.1 Å². The Hall–Kier alpha value is -2.12. The van der Waals surface area contributed by atoms with Crippen molar-refractivity contribution in [1.29, 1.82) is 0 Å². The third-order valence-corrected chi connectivity index (χ3v) is 5.14. The molecule has 1 atom stereocenters. The molecule has 0 spiro atoms. The molecule has 1 saturated heterocycles. The van der Waals surface area contributed by atoms with Crippen LogP contribution in [0.15, 0.2) is 30.7 Å². The van der Waals surface area contributed by atoms with Crippen LogP contribution in [0.4, 0.5) is 0 Å². The standard InChI is InChI=1S/C18H25N5O2/c1-20-5-2-3-16(20)18(24)23-13-15(11-21-7-9-25-10-8-21)12-22-6-4-19-17(22)14-23/h2-6,15H,7-14H2,1H3. The van der Waals surface area contributed by atoms with Gasteiger partial charge in [-0.1, -0.05) is 0 Å². The second-order valence-corrected chi connectivity index (χ2v) is 6.96. The minimum Gasteiger partial charge on any atom is -0.379 e. The molecule has 2 aliphatic rings. The van der Waals surface area contributed by atoms with Crippen molar-refractivity contribution in [2.24, 2.45) is 13.0 Å². The van der Waals surface area contributed by atoms with Crippen LogP contribution in [0.2, 0.25) is 0 Å². The van der Waals surface area contributed by atoms with E-state index in [1.54, 1.807) is 0 Å². The summed E-state index contributed by atoms with van der Waals surface area (Å²) >= 11 is 0. The van der Waals surface area contributed by atoms with Crippen LogP contribution in [0, 0.1) is 5.92 Å². The largest absolute Gasteiger partial charge is 0.379 e. The summed E-state index contributed by atoms with van der Waals surface area (Å²) in [6, 6.07) is 3.80. The van der Waals surface area contributed by atoms with Crippen molar-refractivity contribution in [1.82, 2.24) is 23.9 Å². The van der Waals surface area contributed by atoms with E-state index in [9.17, 15) is 4.79 Å². The Morgan fingerprint density at radius 1 is 1.28 bits per heavy atom. The highest BCUT2D eigenvalue weighted by Crippen LogP contribution is 2.19. The summed E-state index contributed by atoms with van der Waals surface area (Å²) in [6.07, 6.45) is 5.77. The molecule has 0 N–H and O–H groups in total. The predicted octanol–water partition coefficient (Wildman–Crippen LogP) is 0.826. The summed E-state index contributed by atoms with van der Waals surface area (Å²) in [5.41, 5.74) is 0.727. The lowest BCUT2D eigenvalue weighted by Gasteiger charge is -2.31. The third-order valence-electron chi connectivity index (χ3n) is 5.14. The number of rotatable bonds is 3. The summed E-state index contributed by atoms with van der Waals surface area (Å²) in [5.74, 6) is 1.43. The molecule has 134 valence electrons. The van der Waals surface area contributed by atoms with Crippen LogP contribution in [0.3, 0.4) is 0 Å². The van der Waals surface area contributed by atoms with E-state index in [4.69, 9.17) is 4.74 Å². The SMILES string of the molecule is Cn1cccc1C(=O)N1Cc2nccn2CC(CN2CCOCC2)C1. The smallest absolute Gasteiger partial charge is 0.270 e. The van der Waals surface area contributed by atoms with Gasteiger partial charge in [0.05, 0.1) is 19.8 Å². The molecular weight excluding hydrogens is 318 g/mol. The molecule has 4 rings (SSSR count). The highest BCUT2D eigenvalue weighted by molar-refractivity contribution is 5.92. The van der Waals surface area contributed by atoms with Gasteiger partial charge in [0.15, 0.2) is 0 Å². The molecule has 4 heterocycles. The van der Waals surface area contributed by atoms with Gasteiger partial charge in [0.25, 0.3) is 5.91 Å². The molecule has 1 fully saturated rings. The molecule has 2 aliphatic heterocycles. The van der Waals surface area contributed by atoms with Gasteiger partial charge < -0.3 is 18.8 Å². The van der Waals surface area contributed by atoms with Gasteiger partial charge in [-0.2, -0.15) is 0 Å². The topological polar surface area (TPSA) is 55.5 Å². The van der Waals surface area contributed by atoms with Crippen molar-refractivity contribution < 1.29 is 9.53 Å². The van der Waals surface area contributed by atoms with Gasteiger partial charge in [-0.15, -0.1) is 0 Å². The summed E-state index contributed by atoms with van der Waals surface area (Å²) < 4.78 is 9.54. The molecule has 0 aliphatic carbocycles. The molecule has 0 saturated carbocycles. The number of amides is 1. The van der Waals surface area contributed by atoms with Crippen molar-refractivity contribution in [2.75, 3.05) is 39.4 Å². The van der Waals surface area contributed by atoms with Crippen LogP contribution >= 0.6 is 0 Å². The maximum absolute atomic E-state index is 13.0. The van der Waals surface area contributed by atoms with Crippen LogP contribution < -0.4 is 0 Å². The number of imidazole rings is 1. The number of ether oxygens (including phenoxy) is 1. The number of carbonyl (C=O) groups excluding carboxylic acids is 1. The number of morpholine rings is 1. The average Bonchev–Trinajstić information content (AvgIpc) is 3.20. The Bertz CT molecular complexity index is 731. The summed E-state index contributed by atoms with van der Waals surface area (Å²) in [4.78, 5) is 21.9. The first-order valence-electron chi connectivity index (χ1n) is 8.91. The number of carbonyl (C=O) groups is 1. The van der Waals surface area contributed by atoms with E-state index in [1.165, 1.54) is 0 Å². The molecule has 25 heavy (non-hydrogen) atoms. The first-order valence-corrected chi connectivity index (χ1v) is 8.91. The lowest BCUT2D eigenvalue weighted by molar-refractivity contribution is 0.0263. The predicted molar refractivity (Wildman–Crippen MR) is 93.1 cm³/mol. The molecule has 1 unspecified atom stereocenters. The molecule has 0 aromatic carbocycles. The average molecular weight is 343 g/mol. The van der Waals surface area contributed by atoms with Crippen molar-refractivity contribution in [3.05, 3.63) is 42.2 Å². The molecule has 0 bridgehead atoms. The van der Waals surface area contributed by atoms with Gasteiger partial charge in [0.1, 0.15) is 11.5 Å². The van der Waals surface area contributed by atoms with Gasteiger partial charge in [0.2, 0.25) is 0 Å². The number of fused-ring (bicyclic) bond motifs is 1. The summed E-state index contributed by atoms with van der Waals surface area (Å²) in [7, 11) is 1.91. The van der Waals surface area contributed by atoms with Gasteiger partial charge in [0, 0.05) is 64.3 Å². The van der Waals surface area contributed by atoms with E-state index in [0.717, 1.165) is 57.5 Å². The molecule has 1 amide bonds. The monoisotopic (exact) mass is 343 g/mol. The fourth-order valence-corrected chi connectivity index (χ4v) is 3.81. The quantitative estimate of drug-likeness (QED) is 0.828. The molecule has 2 aromatic rings. The number of aryl methyl sites for hydroxylation is 1. The fourth-order valence-electron chi connectivity index (χ4n) is 3.81. The van der Waals surface area contributed by atoms with Crippen molar-refractivity contribution in [3.63, 3.8) is 0 Å². The van der Waals surface area contributed by atoms with Crippen molar-refractivity contribution in [3.8, 4) is 0 Å². The Morgan fingerprint density at radius 2 is 2.12 bits per heavy atom. The van der Waals surface area contributed by atoms with Gasteiger partial charge in [-0.3, -0.25) is 9.69 Å². The number of aromatic nitrogens is 3. The highest BCUT2D eigenvalue weighted by atomic mass is 16.5. The number of hydrogen-bond acceptors (Lipinski definition) is 4. The normalized spacial score (nSPS) is 21.8. The minimum absolute atomic E-state index is 0.0796. The maximum Gasteiger partial charge on any atom is 0.270 e. The van der Waals surface area contributed by atoms with Gasteiger partial charge in [-0.25, -0.2) is 4.98 Å². The van der Waals surface area contributed by atoms with Crippen LogP contribution in [-0.4, -0.2) is 69.2 Å².